The van der Waals surface area contributed by atoms with Crippen molar-refractivity contribution >= 4 is 28.5 Å². The van der Waals surface area contributed by atoms with Gasteiger partial charge in [-0.05, 0) is 31.4 Å². The first-order valence-electron chi connectivity index (χ1n) is 10.5. The lowest BCUT2D eigenvalue weighted by atomic mass is 10.1. The summed E-state index contributed by atoms with van der Waals surface area (Å²) in [5.74, 6) is -1.31. The molecule has 3 aromatic rings. The number of hydrogen-bond donors (Lipinski definition) is 0. The Balaban J connectivity index is 1.47. The van der Waals surface area contributed by atoms with Gasteiger partial charge in [0.1, 0.15) is 17.5 Å². The lowest BCUT2D eigenvalue weighted by molar-refractivity contribution is -0.118. The zero-order valence-corrected chi connectivity index (χ0v) is 17.9. The number of hydrogen-bond acceptors (Lipinski definition) is 6. The maximum atomic E-state index is 13.0. The maximum absolute atomic E-state index is 13.0. The van der Waals surface area contributed by atoms with Crippen molar-refractivity contribution in [2.75, 3.05) is 11.4 Å². The molecule has 0 bridgehead atoms. The van der Waals surface area contributed by atoms with Crippen LogP contribution in [-0.2, 0) is 17.6 Å². The molecule has 10 heteroatoms. The molecule has 2 aromatic heterocycles. The monoisotopic (exact) mass is 458 g/mol. The van der Waals surface area contributed by atoms with Crippen LogP contribution in [0.5, 0.6) is 0 Å². The summed E-state index contributed by atoms with van der Waals surface area (Å²) < 4.78 is 45.2. The number of aryl methyl sites for hydroxylation is 2. The standard InChI is InChI=1S/C23H21F3N4O3/c1-14-21(29-10-4-5-16(29)12-27)33-20(28-14)9-8-17(31)11-15-13-30(22(32)23(24,25)26)19-7-3-2-6-18(15)19/h2-3,6-7,13,16H,4-5,8-11H2,1H3/t16-/m0/s1. The number of aromatic nitrogens is 2. The van der Waals surface area contributed by atoms with Crippen LogP contribution in [-0.4, -0.2) is 40.0 Å². The smallest absolute Gasteiger partial charge is 0.425 e. The molecule has 0 amide bonds. The fourth-order valence-corrected chi connectivity index (χ4v) is 4.20. The van der Waals surface area contributed by atoms with Gasteiger partial charge in [0.15, 0.2) is 5.89 Å². The number of carbonyl (C=O) groups excluding carboxylic acids is 2. The number of ketones is 1. The van der Waals surface area contributed by atoms with Crippen LogP contribution in [0.4, 0.5) is 19.1 Å². The number of nitrogens with zero attached hydrogens (tertiary/aromatic N) is 4. The van der Waals surface area contributed by atoms with Gasteiger partial charge in [0.05, 0.1) is 11.6 Å². The van der Waals surface area contributed by atoms with E-state index in [1.807, 2.05) is 4.90 Å². The van der Waals surface area contributed by atoms with E-state index in [2.05, 4.69) is 11.1 Å². The molecule has 0 N–H and O–H groups in total. The van der Waals surface area contributed by atoms with Crippen molar-refractivity contribution in [3.8, 4) is 6.07 Å². The minimum Gasteiger partial charge on any atom is -0.425 e. The third-order valence-electron chi connectivity index (χ3n) is 5.74. The second-order valence-electron chi connectivity index (χ2n) is 8.04. The second-order valence-corrected chi connectivity index (χ2v) is 8.04. The first-order chi connectivity index (χ1) is 15.7. The quantitative estimate of drug-likeness (QED) is 0.545. The van der Waals surface area contributed by atoms with E-state index in [4.69, 9.17) is 4.42 Å². The number of rotatable bonds is 6. The summed E-state index contributed by atoms with van der Waals surface area (Å²) >= 11 is 0. The molecule has 4 rings (SSSR count). The van der Waals surface area contributed by atoms with E-state index in [1.165, 1.54) is 12.1 Å². The van der Waals surface area contributed by atoms with E-state index in [9.17, 15) is 28.0 Å². The molecule has 1 aliphatic rings. The molecule has 7 nitrogen and oxygen atoms in total. The molecule has 1 aromatic carbocycles. The van der Waals surface area contributed by atoms with Gasteiger partial charge in [0, 0.05) is 37.4 Å². The topological polar surface area (TPSA) is 92.1 Å². The molecule has 172 valence electrons. The third-order valence-corrected chi connectivity index (χ3v) is 5.74. The van der Waals surface area contributed by atoms with Crippen molar-refractivity contribution in [1.29, 1.82) is 5.26 Å². The Morgan fingerprint density at radius 1 is 1.30 bits per heavy atom. The summed E-state index contributed by atoms with van der Waals surface area (Å²) in [6.07, 6.45) is -2.11. The number of nitriles is 1. The molecule has 3 heterocycles. The summed E-state index contributed by atoms with van der Waals surface area (Å²) in [6, 6.07) is 8.16. The number of anilines is 1. The van der Waals surface area contributed by atoms with E-state index >= 15 is 0 Å². The minimum absolute atomic E-state index is 0.0772. The van der Waals surface area contributed by atoms with Gasteiger partial charge >= 0.3 is 12.1 Å². The van der Waals surface area contributed by atoms with Crippen LogP contribution < -0.4 is 4.90 Å². The number of alkyl halides is 3. The number of fused-ring (bicyclic) bond motifs is 1. The number of oxazole rings is 1. The SMILES string of the molecule is Cc1nc(CCC(=O)Cc2cn(C(=O)C(F)(F)F)c3ccccc23)oc1N1CCC[C@H]1C#N. The number of halogens is 3. The fraction of sp³-hybridized carbons (Fsp3) is 0.391. The molecule has 0 radical (unpaired) electrons. The summed E-state index contributed by atoms with van der Waals surface area (Å²) in [6.45, 7) is 2.48. The van der Waals surface area contributed by atoms with Gasteiger partial charge in [0.25, 0.3) is 0 Å². The van der Waals surface area contributed by atoms with Gasteiger partial charge in [-0.15, -0.1) is 0 Å². The number of carbonyl (C=O) groups is 2. The minimum atomic E-state index is -5.02. The summed E-state index contributed by atoms with van der Waals surface area (Å²) in [5, 5.41) is 9.71. The van der Waals surface area contributed by atoms with Crippen LogP contribution in [0.25, 0.3) is 10.9 Å². The average molecular weight is 458 g/mol. The van der Waals surface area contributed by atoms with Gasteiger partial charge in [-0.1, -0.05) is 18.2 Å². The van der Waals surface area contributed by atoms with Crippen molar-refractivity contribution in [1.82, 2.24) is 9.55 Å². The Morgan fingerprint density at radius 3 is 2.79 bits per heavy atom. The van der Waals surface area contributed by atoms with Crippen LogP contribution in [0.2, 0.25) is 0 Å². The van der Waals surface area contributed by atoms with Crippen LogP contribution in [0.15, 0.2) is 34.9 Å². The lowest BCUT2D eigenvalue weighted by Crippen LogP contribution is -2.28. The molecule has 1 atom stereocenters. The predicted octanol–water partition coefficient (Wildman–Crippen LogP) is 4.38. The van der Waals surface area contributed by atoms with Crippen LogP contribution in [0, 0.1) is 18.3 Å². The van der Waals surface area contributed by atoms with Crippen molar-refractivity contribution in [2.24, 2.45) is 0 Å². The zero-order valence-electron chi connectivity index (χ0n) is 17.9. The van der Waals surface area contributed by atoms with Crippen molar-refractivity contribution < 1.29 is 27.2 Å². The Hall–Kier alpha value is -3.61. The summed E-state index contributed by atoms with van der Waals surface area (Å²) in [7, 11) is 0. The highest BCUT2D eigenvalue weighted by atomic mass is 19.4. The van der Waals surface area contributed by atoms with Gasteiger partial charge in [0.2, 0.25) is 5.88 Å². The summed E-state index contributed by atoms with van der Waals surface area (Å²) in [5.41, 5.74) is 1.10. The van der Waals surface area contributed by atoms with Gasteiger partial charge in [-0.2, -0.15) is 18.4 Å². The highest BCUT2D eigenvalue weighted by molar-refractivity contribution is 5.98. The molecule has 1 fully saturated rings. The first-order valence-corrected chi connectivity index (χ1v) is 10.5. The molecule has 0 unspecified atom stereocenters. The largest absolute Gasteiger partial charge is 0.472 e. The molecule has 1 aliphatic heterocycles. The maximum Gasteiger partial charge on any atom is 0.472 e. The number of para-hydroxylation sites is 1. The van der Waals surface area contributed by atoms with E-state index in [0.717, 1.165) is 19.0 Å². The molecule has 1 saturated heterocycles. The summed E-state index contributed by atoms with van der Waals surface area (Å²) in [4.78, 5) is 30.6. The van der Waals surface area contributed by atoms with Crippen molar-refractivity contribution in [3.63, 3.8) is 0 Å². The van der Waals surface area contributed by atoms with Crippen LogP contribution in [0.1, 0.15) is 41.2 Å². The number of Topliss-reactive ketones (excluding diaryl/α,β-unsaturated/α-hetero) is 1. The third kappa shape index (κ3) is 4.49. The highest BCUT2D eigenvalue weighted by Crippen LogP contribution is 2.30. The number of benzene rings is 1. The first kappa shape index (κ1) is 22.6. The van der Waals surface area contributed by atoms with Gasteiger partial charge in [-0.3, -0.25) is 14.2 Å². The molecular weight excluding hydrogens is 437 g/mol. The van der Waals surface area contributed by atoms with E-state index < -0.39 is 12.1 Å². The van der Waals surface area contributed by atoms with Crippen LogP contribution >= 0.6 is 0 Å². The molecule has 0 aliphatic carbocycles. The predicted molar refractivity (Wildman–Crippen MR) is 113 cm³/mol. The molecular formula is C23H21F3N4O3. The Kier molecular flexibility index (Phi) is 5.97. The Labute approximate surface area is 187 Å². The van der Waals surface area contributed by atoms with E-state index in [0.29, 0.717) is 39.5 Å². The molecule has 33 heavy (non-hydrogen) atoms. The van der Waals surface area contributed by atoms with Crippen molar-refractivity contribution in [3.05, 3.63) is 47.6 Å². The van der Waals surface area contributed by atoms with Crippen LogP contribution in [0.3, 0.4) is 0 Å². The van der Waals surface area contributed by atoms with Gasteiger partial charge < -0.3 is 9.32 Å². The second kappa shape index (κ2) is 8.73. The average Bonchev–Trinajstić information content (AvgIpc) is 3.48. The Morgan fingerprint density at radius 2 is 2.06 bits per heavy atom. The Bertz CT molecular complexity index is 1250. The lowest BCUT2D eigenvalue weighted by Gasteiger charge is -2.18. The van der Waals surface area contributed by atoms with E-state index in [-0.39, 0.29) is 36.6 Å². The molecule has 0 spiro atoms. The van der Waals surface area contributed by atoms with Crippen molar-refractivity contribution in [2.45, 2.75) is 51.2 Å². The normalized spacial score (nSPS) is 16.3. The molecule has 0 saturated carbocycles. The van der Waals surface area contributed by atoms with E-state index in [1.54, 1.807) is 19.1 Å². The van der Waals surface area contributed by atoms with Gasteiger partial charge in [-0.25, -0.2) is 4.98 Å². The fourth-order valence-electron chi connectivity index (χ4n) is 4.20. The zero-order chi connectivity index (χ0) is 23.8. The highest BCUT2D eigenvalue weighted by Gasteiger charge is 2.40.